The third-order valence-corrected chi connectivity index (χ3v) is 5.49. The van der Waals surface area contributed by atoms with Gasteiger partial charge in [0.05, 0.1) is 17.2 Å². The molecule has 0 spiro atoms. The summed E-state index contributed by atoms with van der Waals surface area (Å²) in [5.41, 5.74) is 0.466. The Hall–Kier alpha value is -1.92. The number of ether oxygens (including phenoxy) is 1. The Bertz CT molecular complexity index is 892. The average Bonchev–Trinajstić information content (AvgIpc) is 3.44. The first-order valence-electron chi connectivity index (χ1n) is 8.99. The van der Waals surface area contributed by atoms with E-state index in [1.807, 2.05) is 6.92 Å². The lowest BCUT2D eigenvalue weighted by atomic mass is 10.0. The molecule has 1 N–H and O–H groups in total. The van der Waals surface area contributed by atoms with Gasteiger partial charge in [0, 0.05) is 25.4 Å². The topological polar surface area (TPSA) is 71.8 Å². The Morgan fingerprint density at radius 3 is 2.67 bits per heavy atom. The average molecular weight is 413 g/mol. The number of pyridine rings is 1. The predicted molar refractivity (Wildman–Crippen MR) is 107 cm³/mol. The molecule has 3 aliphatic rings. The number of benzene rings is 1. The number of fused-ring (bicyclic) bond motifs is 1. The molecule has 0 aromatic carbocycles. The molecule has 8 heteroatoms. The lowest BCUT2D eigenvalue weighted by Crippen LogP contribution is -2.29. The van der Waals surface area contributed by atoms with E-state index < -0.39 is 6.09 Å². The van der Waals surface area contributed by atoms with Gasteiger partial charge in [0.1, 0.15) is 5.02 Å². The van der Waals surface area contributed by atoms with Crippen LogP contribution < -0.4 is 15.1 Å². The van der Waals surface area contributed by atoms with Crippen LogP contribution in [0.1, 0.15) is 32.6 Å². The zero-order valence-corrected chi connectivity index (χ0v) is 16.8. The Balaban J connectivity index is 2.28. The van der Waals surface area contributed by atoms with Crippen LogP contribution in [0.2, 0.25) is 10.0 Å². The quantitative estimate of drug-likeness (QED) is 0.651. The molecule has 1 aliphatic heterocycles. The minimum absolute atomic E-state index is 0.0408. The van der Waals surface area contributed by atoms with E-state index in [1.165, 1.54) is 7.05 Å². The number of carboxylic acid groups (broad SMARTS) is 1. The maximum absolute atomic E-state index is 12.7. The Kier molecular flexibility index (Phi) is 5.86. The molecule has 1 saturated carbocycles. The van der Waals surface area contributed by atoms with Crippen molar-refractivity contribution < 1.29 is 14.6 Å². The van der Waals surface area contributed by atoms with Gasteiger partial charge in [-0.25, -0.2) is 4.79 Å². The number of amides is 1. The largest absolute Gasteiger partial charge is 0.489 e. The van der Waals surface area contributed by atoms with Crippen LogP contribution in [0.25, 0.3) is 11.1 Å². The molecule has 0 unspecified atom stereocenters. The van der Waals surface area contributed by atoms with Crippen LogP contribution in [0.15, 0.2) is 17.1 Å². The standard InChI is InChI=1S/C19H22Cl2N2O4/c1-3-4-7-27-17-12-8-14(20)15(21)16(24)13(12)10-23(9-11-5-6-11)18(17)22(2)19(25)26/h8,10-11H,3-7,9H2,1-2H3,(H,25,26). The first-order chi connectivity index (χ1) is 12.8. The van der Waals surface area contributed by atoms with Crippen LogP contribution in [0.5, 0.6) is 5.75 Å². The monoisotopic (exact) mass is 412 g/mol. The summed E-state index contributed by atoms with van der Waals surface area (Å²) in [6.45, 7) is 3.07. The van der Waals surface area contributed by atoms with Crippen molar-refractivity contribution in [1.29, 1.82) is 0 Å². The van der Waals surface area contributed by atoms with E-state index in [-0.39, 0.29) is 15.5 Å². The summed E-state index contributed by atoms with van der Waals surface area (Å²) in [7, 11) is 1.47. The van der Waals surface area contributed by atoms with Gasteiger partial charge in [0.15, 0.2) is 11.6 Å². The van der Waals surface area contributed by atoms with Crippen molar-refractivity contribution in [3.63, 3.8) is 0 Å². The summed E-state index contributed by atoms with van der Waals surface area (Å²) >= 11 is 12.2. The molecule has 27 heavy (non-hydrogen) atoms. The van der Waals surface area contributed by atoms with Gasteiger partial charge >= 0.3 is 6.09 Å². The van der Waals surface area contributed by atoms with Gasteiger partial charge < -0.3 is 14.4 Å². The van der Waals surface area contributed by atoms with Gasteiger partial charge in [-0.15, -0.1) is 0 Å². The fourth-order valence-electron chi connectivity index (χ4n) is 3.01. The fourth-order valence-corrected chi connectivity index (χ4v) is 3.37. The molecule has 0 saturated heterocycles. The highest BCUT2D eigenvalue weighted by atomic mass is 35.5. The minimum Gasteiger partial charge on any atom is -0.489 e. The van der Waals surface area contributed by atoms with Crippen molar-refractivity contribution in [2.45, 2.75) is 39.2 Å². The van der Waals surface area contributed by atoms with E-state index in [9.17, 15) is 14.7 Å². The zero-order valence-electron chi connectivity index (χ0n) is 15.3. The molecule has 1 heterocycles. The Morgan fingerprint density at radius 1 is 1.37 bits per heavy atom. The van der Waals surface area contributed by atoms with Crippen LogP contribution in [-0.2, 0) is 6.54 Å². The van der Waals surface area contributed by atoms with Crippen molar-refractivity contribution in [3.8, 4) is 16.9 Å². The molecule has 3 rings (SSSR count). The van der Waals surface area contributed by atoms with Crippen LogP contribution in [0.3, 0.4) is 0 Å². The molecule has 1 fully saturated rings. The Morgan fingerprint density at radius 2 is 2.07 bits per heavy atom. The summed E-state index contributed by atoms with van der Waals surface area (Å²) in [5.74, 6) is 1.22. The van der Waals surface area contributed by atoms with Gasteiger partial charge in [-0.05, 0) is 31.2 Å². The van der Waals surface area contributed by atoms with E-state index in [1.54, 1.807) is 16.8 Å². The summed E-state index contributed by atoms with van der Waals surface area (Å²) < 4.78 is 7.78. The molecule has 1 amide bonds. The number of aromatic nitrogens is 1. The lowest BCUT2D eigenvalue weighted by Gasteiger charge is -2.27. The molecular weight excluding hydrogens is 391 g/mol. The van der Waals surface area contributed by atoms with Crippen molar-refractivity contribution in [1.82, 2.24) is 4.57 Å². The Labute approximate surface area is 167 Å². The SMILES string of the molecule is CCCCOc1c2cc(Cl)c(Cl)c(=O)c-2cn(CC2CC2)c1N(C)C(=O)O. The second kappa shape index (κ2) is 7.98. The number of hydrogen-bond donors (Lipinski definition) is 1. The van der Waals surface area contributed by atoms with Crippen LogP contribution in [0.4, 0.5) is 10.6 Å². The van der Waals surface area contributed by atoms with Gasteiger partial charge in [-0.3, -0.25) is 9.69 Å². The second-order valence-electron chi connectivity index (χ2n) is 6.88. The summed E-state index contributed by atoms with van der Waals surface area (Å²) in [4.78, 5) is 25.5. The third kappa shape index (κ3) is 4.01. The van der Waals surface area contributed by atoms with Crippen molar-refractivity contribution in [2.24, 2.45) is 5.92 Å². The number of anilines is 1. The molecule has 0 atom stereocenters. The highest BCUT2D eigenvalue weighted by Crippen LogP contribution is 2.43. The van der Waals surface area contributed by atoms with E-state index in [4.69, 9.17) is 27.9 Å². The highest BCUT2D eigenvalue weighted by molar-refractivity contribution is 6.42. The molecule has 146 valence electrons. The van der Waals surface area contributed by atoms with Crippen LogP contribution >= 0.6 is 23.2 Å². The molecule has 0 aromatic rings. The molecule has 2 aliphatic carbocycles. The van der Waals surface area contributed by atoms with E-state index >= 15 is 0 Å². The van der Waals surface area contributed by atoms with E-state index in [2.05, 4.69) is 0 Å². The first-order valence-corrected chi connectivity index (χ1v) is 9.75. The number of carbonyl (C=O) groups is 1. The van der Waals surface area contributed by atoms with Gasteiger partial charge in [0.25, 0.3) is 0 Å². The highest BCUT2D eigenvalue weighted by Gasteiger charge is 2.30. The molecular formula is C19H22Cl2N2O4. The number of hydrogen-bond acceptors (Lipinski definition) is 3. The predicted octanol–water partition coefficient (Wildman–Crippen LogP) is 4.96. The summed E-state index contributed by atoms with van der Waals surface area (Å²) in [5, 5.41) is 9.66. The number of halogens is 2. The summed E-state index contributed by atoms with van der Waals surface area (Å²) in [6.07, 6.45) is 4.45. The normalized spacial score (nSPS) is 13.8. The second-order valence-corrected chi connectivity index (χ2v) is 7.67. The van der Waals surface area contributed by atoms with Gasteiger partial charge in [-0.2, -0.15) is 0 Å². The van der Waals surface area contributed by atoms with Crippen LogP contribution in [-0.4, -0.2) is 29.4 Å². The zero-order chi connectivity index (χ0) is 19.7. The lowest BCUT2D eigenvalue weighted by molar-refractivity contribution is 0.202. The van der Waals surface area contributed by atoms with Crippen molar-refractivity contribution in [3.05, 3.63) is 32.5 Å². The smallest absolute Gasteiger partial charge is 0.412 e. The van der Waals surface area contributed by atoms with Crippen molar-refractivity contribution >= 4 is 35.1 Å². The minimum atomic E-state index is -1.11. The van der Waals surface area contributed by atoms with Gasteiger partial charge in [0.2, 0.25) is 5.43 Å². The maximum Gasteiger partial charge on any atom is 0.412 e. The molecule has 6 nitrogen and oxygen atoms in total. The van der Waals surface area contributed by atoms with E-state index in [0.29, 0.717) is 41.8 Å². The fraction of sp³-hybridized carbons (Fsp3) is 0.474. The third-order valence-electron chi connectivity index (χ3n) is 4.72. The summed E-state index contributed by atoms with van der Waals surface area (Å²) in [6, 6.07) is 1.57. The van der Waals surface area contributed by atoms with Gasteiger partial charge in [-0.1, -0.05) is 36.5 Å². The van der Waals surface area contributed by atoms with Crippen molar-refractivity contribution in [2.75, 3.05) is 18.6 Å². The van der Waals surface area contributed by atoms with Crippen LogP contribution in [0, 0.1) is 5.92 Å². The molecule has 0 radical (unpaired) electrons. The maximum atomic E-state index is 12.7. The molecule has 0 aromatic heterocycles. The first kappa shape index (κ1) is 19.8. The number of rotatable bonds is 7. The number of unbranched alkanes of at least 4 members (excludes halogenated alkanes) is 1. The molecule has 0 bridgehead atoms. The van der Waals surface area contributed by atoms with E-state index in [0.717, 1.165) is 30.6 Å². The number of nitrogens with zero attached hydrogens (tertiary/aromatic N) is 2.